The zero-order valence-corrected chi connectivity index (χ0v) is 54.2. The third-order valence-electron chi connectivity index (χ3n) is 15.9. The van der Waals surface area contributed by atoms with Gasteiger partial charge in [0, 0.05) is 80.6 Å². The first kappa shape index (κ1) is 73.7. The van der Waals surface area contributed by atoms with Crippen molar-refractivity contribution in [2.24, 2.45) is 0 Å². The first-order valence-electron chi connectivity index (χ1n) is 31.4. The SMILES string of the molecule is C.C=Cc1ccc([N+](=O)[O-])c(C)n1.Cc1nc(CCCN2CCOCC2)ccc1N.Cc1nc(CCCN2CCOCC2)ccc1Nc1nc(NC2CCCCC2)c2[nH]cnc2n1.Cc1nc(CCCN2CCOCC2)ccc1[N+](=O)[O-].Cc1nc(Cl)ccc1[N+](=O)[O-]. The van der Waals surface area contributed by atoms with Gasteiger partial charge in [0.05, 0.1) is 89.2 Å². The van der Waals surface area contributed by atoms with Crippen molar-refractivity contribution in [1.29, 1.82) is 0 Å². The summed E-state index contributed by atoms with van der Waals surface area (Å²) in [5.74, 6) is 1.36. The first-order chi connectivity index (χ1) is 44.4. The van der Waals surface area contributed by atoms with Gasteiger partial charge in [0.2, 0.25) is 5.95 Å². The number of nitro groups is 3. The Kier molecular flexibility index (Phi) is 30.6. The second-order valence-electron chi connectivity index (χ2n) is 22.6. The fraction of sp³-hybridized carbons (Fsp3) is 0.508. The largest absolute Gasteiger partial charge is 0.397 e. The number of rotatable bonds is 20. The van der Waals surface area contributed by atoms with Crippen molar-refractivity contribution in [2.75, 3.05) is 115 Å². The molecule has 4 fully saturated rings. The van der Waals surface area contributed by atoms with Crippen molar-refractivity contribution >= 4 is 69.0 Å². The zero-order valence-electron chi connectivity index (χ0n) is 53.5. The van der Waals surface area contributed by atoms with Gasteiger partial charge in [-0.1, -0.05) is 44.9 Å². The fourth-order valence-corrected chi connectivity index (χ4v) is 10.9. The Morgan fingerprint density at radius 1 is 0.591 bits per heavy atom. The quantitative estimate of drug-likeness (QED) is 0.0313. The standard InChI is InChI=1S/C24H34N8O.C13H19N3O3.C13H21N3O.C8H8N2O2.C6H5ClN2O2.CH4/c1-17-20(10-9-19(27-17)8-5-11-32-12-14-33-15-13-32)29-24-30-22-21(25-16-26-22)23(31-24)28-18-6-3-2-4-7-18;1-11-13(16(17)18)5-4-12(14-11)3-2-6-15-7-9-19-10-8-15;1-11-13(14)5-4-12(15-11)3-2-6-16-7-9-17-10-8-16;1-3-7-4-5-8(10(11)12)6(2)9-7;1-4-5(9(10)11)2-3-6(7)8-4;/h9-10,16,18H,2-8,11-15H2,1H3,(H3,25,26,28,29,30,31);4-5H,2-3,6-10H2,1H3;4-5H,2-3,6-10,14H2,1H3;3-5H,1H2,2H3;2-3H,1H3;1H4. The number of pyridine rings is 5. The minimum absolute atomic E-state index is 0. The molecule has 11 rings (SSSR count). The van der Waals surface area contributed by atoms with E-state index in [0.717, 1.165) is 188 Å². The molecule has 0 bridgehead atoms. The lowest BCUT2D eigenvalue weighted by atomic mass is 9.95. The molecule has 3 saturated heterocycles. The number of aromatic amines is 1. The van der Waals surface area contributed by atoms with Crippen molar-refractivity contribution in [3.63, 3.8) is 0 Å². The molecule has 1 aliphatic carbocycles. The minimum Gasteiger partial charge on any atom is -0.397 e. The highest BCUT2D eigenvalue weighted by atomic mass is 35.5. The van der Waals surface area contributed by atoms with Crippen LogP contribution in [-0.2, 0) is 33.5 Å². The van der Waals surface area contributed by atoms with E-state index in [4.69, 9.17) is 41.5 Å². The number of aryl methyl sites for hydroxylation is 8. The number of hydrogen-bond donors (Lipinski definition) is 4. The zero-order chi connectivity index (χ0) is 65.8. The van der Waals surface area contributed by atoms with Crippen LogP contribution >= 0.6 is 11.6 Å². The van der Waals surface area contributed by atoms with Crippen LogP contribution in [0.5, 0.6) is 0 Å². The van der Waals surface area contributed by atoms with Gasteiger partial charge < -0.3 is 35.6 Å². The number of nitrogens with two attached hydrogens (primary N) is 1. The summed E-state index contributed by atoms with van der Waals surface area (Å²) in [5, 5.41) is 38.6. The molecule has 0 radical (unpaired) electrons. The molecule has 0 atom stereocenters. The average Bonchev–Trinajstić information content (AvgIpc) is 1.87. The molecule has 1 saturated carbocycles. The van der Waals surface area contributed by atoms with Gasteiger partial charge in [0.25, 0.3) is 17.1 Å². The van der Waals surface area contributed by atoms with Gasteiger partial charge in [-0.3, -0.25) is 60.0 Å². The van der Waals surface area contributed by atoms with E-state index in [2.05, 4.69) is 78.9 Å². The number of H-pyrrole nitrogens is 1. The van der Waals surface area contributed by atoms with Gasteiger partial charge in [-0.05, 0) is 154 Å². The molecular weight excluding hydrogens is 1210 g/mol. The summed E-state index contributed by atoms with van der Waals surface area (Å²) >= 11 is 5.49. The van der Waals surface area contributed by atoms with Crippen molar-refractivity contribution < 1.29 is 29.0 Å². The molecule has 0 aromatic carbocycles. The molecule has 502 valence electrons. The maximum absolute atomic E-state index is 10.7. The molecule has 7 aromatic rings. The predicted octanol–water partition coefficient (Wildman–Crippen LogP) is 11.1. The number of fused-ring (bicyclic) bond motifs is 1. The van der Waals surface area contributed by atoms with E-state index in [1.54, 1.807) is 51.4 Å². The van der Waals surface area contributed by atoms with Gasteiger partial charge in [-0.25, -0.2) is 15.0 Å². The Labute approximate surface area is 549 Å². The van der Waals surface area contributed by atoms with E-state index in [0.29, 0.717) is 40.4 Å². The van der Waals surface area contributed by atoms with Crippen molar-refractivity contribution in [2.45, 2.75) is 119 Å². The average molecular weight is 1300 g/mol. The molecule has 0 spiro atoms. The molecule has 0 amide bonds. The maximum Gasteiger partial charge on any atom is 0.290 e. The highest BCUT2D eigenvalue weighted by Crippen LogP contribution is 2.27. The van der Waals surface area contributed by atoms with Crippen LogP contribution in [-0.4, -0.2) is 179 Å². The monoisotopic (exact) mass is 1300 g/mol. The van der Waals surface area contributed by atoms with Crippen LogP contribution in [0.4, 0.5) is 40.2 Å². The van der Waals surface area contributed by atoms with E-state index in [1.807, 2.05) is 26.0 Å². The molecule has 0 unspecified atom stereocenters. The second kappa shape index (κ2) is 38.6. The molecule has 4 aliphatic rings. The highest BCUT2D eigenvalue weighted by molar-refractivity contribution is 6.29. The molecule has 27 nitrogen and oxygen atoms in total. The van der Waals surface area contributed by atoms with Gasteiger partial charge in [0.15, 0.2) is 11.5 Å². The molecule has 28 heteroatoms. The van der Waals surface area contributed by atoms with Gasteiger partial charge >= 0.3 is 0 Å². The van der Waals surface area contributed by atoms with E-state index in [-0.39, 0.29) is 34.6 Å². The van der Waals surface area contributed by atoms with E-state index >= 15 is 0 Å². The number of hydrogen-bond acceptors (Lipinski definition) is 23. The minimum atomic E-state index is -0.487. The summed E-state index contributed by atoms with van der Waals surface area (Å²) in [6.07, 6.45) is 15.6. The van der Waals surface area contributed by atoms with Gasteiger partial charge in [-0.2, -0.15) is 9.97 Å². The number of nitrogens with one attached hydrogen (secondary N) is 3. The molecule has 93 heavy (non-hydrogen) atoms. The fourth-order valence-electron chi connectivity index (χ4n) is 10.7. The Morgan fingerprint density at radius 3 is 1.51 bits per heavy atom. The predicted molar refractivity (Wildman–Crippen MR) is 363 cm³/mol. The second-order valence-corrected chi connectivity index (χ2v) is 23.0. The molecule has 10 heterocycles. The summed E-state index contributed by atoms with van der Waals surface area (Å²) in [5.41, 5.74) is 16.1. The van der Waals surface area contributed by atoms with E-state index in [1.165, 1.54) is 50.3 Å². The van der Waals surface area contributed by atoms with Crippen LogP contribution in [0.3, 0.4) is 0 Å². The lowest BCUT2D eigenvalue weighted by molar-refractivity contribution is -0.385. The smallest absolute Gasteiger partial charge is 0.290 e. The van der Waals surface area contributed by atoms with Gasteiger partial charge in [0.1, 0.15) is 27.8 Å². The summed E-state index contributed by atoms with van der Waals surface area (Å²) in [6, 6.07) is 17.6. The third kappa shape index (κ3) is 24.6. The summed E-state index contributed by atoms with van der Waals surface area (Å²) in [6.45, 7) is 26.9. The first-order valence-corrected chi connectivity index (χ1v) is 31.8. The number of morpholine rings is 3. The molecule has 5 N–H and O–H groups in total. The number of halogens is 1. The van der Waals surface area contributed by atoms with Crippen LogP contribution in [0.2, 0.25) is 5.15 Å². The van der Waals surface area contributed by atoms with E-state index in [9.17, 15) is 30.3 Å². The van der Waals surface area contributed by atoms with Crippen molar-refractivity contribution in [3.8, 4) is 0 Å². The number of ether oxygens (including phenoxy) is 3. The highest BCUT2D eigenvalue weighted by Gasteiger charge is 2.20. The number of nitrogen functional groups attached to an aromatic ring is 1. The third-order valence-corrected chi connectivity index (χ3v) is 16.1. The van der Waals surface area contributed by atoms with Crippen LogP contribution in [0.1, 0.15) is 110 Å². The van der Waals surface area contributed by atoms with Crippen LogP contribution in [0.25, 0.3) is 17.2 Å². The van der Waals surface area contributed by atoms with E-state index < -0.39 is 9.85 Å². The maximum atomic E-state index is 10.7. The Hall–Kier alpha value is -8.31. The lowest BCUT2D eigenvalue weighted by Gasteiger charge is -2.26. The summed E-state index contributed by atoms with van der Waals surface area (Å²) in [4.78, 5) is 75.5. The molecule has 7 aromatic heterocycles. The number of anilines is 4. The van der Waals surface area contributed by atoms with Crippen LogP contribution in [0.15, 0.2) is 73.6 Å². The van der Waals surface area contributed by atoms with Crippen LogP contribution < -0.4 is 16.4 Å². The normalized spacial score (nSPS) is 15.2. The number of aromatic nitrogens is 9. The van der Waals surface area contributed by atoms with Crippen molar-refractivity contribution in [1.82, 2.24) is 59.6 Å². The summed E-state index contributed by atoms with van der Waals surface area (Å²) < 4.78 is 16.0. The van der Waals surface area contributed by atoms with Gasteiger partial charge in [-0.15, -0.1) is 0 Å². The number of imidazole rings is 1. The Balaban J connectivity index is 0.000000197. The van der Waals surface area contributed by atoms with Crippen molar-refractivity contribution in [3.05, 3.63) is 160 Å². The number of nitrogens with zero attached hydrogens (tertiary/aromatic N) is 14. The van der Waals surface area contributed by atoms with Crippen LogP contribution in [0, 0.1) is 65.0 Å². The summed E-state index contributed by atoms with van der Waals surface area (Å²) in [7, 11) is 0. The Morgan fingerprint density at radius 2 is 1.04 bits per heavy atom. The molecular formula is C65H91ClN18O9. The topological polar surface area (TPSA) is 336 Å². The molecule has 3 aliphatic heterocycles. The lowest BCUT2D eigenvalue weighted by Crippen LogP contribution is -2.36. The Bertz CT molecular complexity index is 3500.